The van der Waals surface area contributed by atoms with E-state index in [1.807, 2.05) is 51.1 Å². The highest BCUT2D eigenvalue weighted by molar-refractivity contribution is 5.68. The second kappa shape index (κ2) is 7.40. The number of azide groups is 1. The maximum Gasteiger partial charge on any atom is 0.407 e. The first-order valence-corrected chi connectivity index (χ1v) is 6.44. The summed E-state index contributed by atoms with van der Waals surface area (Å²) in [6.45, 7) is 5.72. The fourth-order valence-electron chi connectivity index (χ4n) is 1.64. The molecule has 0 saturated heterocycles. The van der Waals surface area contributed by atoms with Gasteiger partial charge in [0.2, 0.25) is 0 Å². The Morgan fingerprint density at radius 1 is 1.40 bits per heavy atom. The number of hydrogen-bond acceptors (Lipinski definition) is 3. The van der Waals surface area contributed by atoms with Crippen molar-refractivity contribution >= 4 is 6.09 Å². The number of carbonyl (C=O) groups excluding carboxylic acids is 1. The van der Waals surface area contributed by atoms with Gasteiger partial charge in [-0.15, -0.1) is 0 Å². The quantitative estimate of drug-likeness (QED) is 0.507. The molecule has 0 aliphatic rings. The summed E-state index contributed by atoms with van der Waals surface area (Å²) in [5.41, 5.74) is 9.06. The van der Waals surface area contributed by atoms with Gasteiger partial charge in [-0.1, -0.05) is 35.4 Å². The lowest BCUT2D eigenvalue weighted by Gasteiger charge is -2.23. The number of alkyl carbamates (subject to hydrolysis) is 1. The van der Waals surface area contributed by atoms with Crippen LogP contribution in [0.4, 0.5) is 4.79 Å². The van der Waals surface area contributed by atoms with E-state index >= 15 is 0 Å². The number of rotatable bonds is 5. The van der Waals surface area contributed by atoms with Crippen molar-refractivity contribution in [3.05, 3.63) is 46.3 Å². The predicted molar refractivity (Wildman–Crippen MR) is 77.3 cm³/mol. The van der Waals surface area contributed by atoms with Gasteiger partial charge in [0.25, 0.3) is 0 Å². The molecular weight excluding hydrogens is 256 g/mol. The van der Waals surface area contributed by atoms with Gasteiger partial charge in [-0.05, 0) is 31.9 Å². The minimum absolute atomic E-state index is 0.114. The van der Waals surface area contributed by atoms with Crippen LogP contribution < -0.4 is 5.32 Å². The Morgan fingerprint density at radius 2 is 2.05 bits per heavy atom. The van der Waals surface area contributed by atoms with Gasteiger partial charge in [0.05, 0.1) is 6.54 Å². The summed E-state index contributed by atoms with van der Waals surface area (Å²) < 4.78 is 5.32. The molecule has 0 heterocycles. The minimum Gasteiger partial charge on any atom is -0.446 e. The van der Waals surface area contributed by atoms with E-state index < -0.39 is 12.2 Å². The largest absolute Gasteiger partial charge is 0.446 e. The van der Waals surface area contributed by atoms with Crippen LogP contribution in [0, 0.1) is 0 Å². The summed E-state index contributed by atoms with van der Waals surface area (Å²) in [5.74, 6) is 0. The van der Waals surface area contributed by atoms with Crippen LogP contribution in [0.15, 0.2) is 35.4 Å². The highest BCUT2D eigenvalue weighted by atomic mass is 16.6. The lowest BCUT2D eigenvalue weighted by atomic mass is 10.1. The number of amides is 1. The zero-order valence-corrected chi connectivity index (χ0v) is 12.0. The SMILES string of the molecule is CC(C)(C)NC(=O)OC(CN=[N+]=[N-])Cc1ccccc1. The van der Waals surface area contributed by atoms with E-state index in [4.69, 9.17) is 10.3 Å². The summed E-state index contributed by atoms with van der Waals surface area (Å²) in [5, 5.41) is 6.21. The summed E-state index contributed by atoms with van der Waals surface area (Å²) in [4.78, 5) is 14.5. The van der Waals surface area contributed by atoms with E-state index in [0.717, 1.165) is 5.56 Å². The first-order valence-electron chi connectivity index (χ1n) is 6.44. The molecular formula is C14H20N4O2. The normalized spacial score (nSPS) is 12.2. The van der Waals surface area contributed by atoms with Gasteiger partial charge < -0.3 is 10.1 Å². The van der Waals surface area contributed by atoms with Gasteiger partial charge in [0.15, 0.2) is 0 Å². The molecule has 1 rings (SSSR count). The van der Waals surface area contributed by atoms with Crippen molar-refractivity contribution in [3.63, 3.8) is 0 Å². The number of carbonyl (C=O) groups is 1. The van der Waals surface area contributed by atoms with Gasteiger partial charge in [0.1, 0.15) is 6.10 Å². The molecule has 0 bridgehead atoms. The Kier molecular flexibility index (Phi) is 5.87. The van der Waals surface area contributed by atoms with E-state index in [1.165, 1.54) is 0 Å². The molecule has 6 nitrogen and oxygen atoms in total. The van der Waals surface area contributed by atoms with Crippen molar-refractivity contribution in [1.82, 2.24) is 5.32 Å². The molecule has 1 N–H and O–H groups in total. The summed E-state index contributed by atoms with van der Waals surface area (Å²) in [6, 6.07) is 9.62. The number of hydrogen-bond donors (Lipinski definition) is 1. The highest BCUT2D eigenvalue weighted by Gasteiger charge is 2.19. The van der Waals surface area contributed by atoms with Crippen LogP contribution in [-0.2, 0) is 11.2 Å². The van der Waals surface area contributed by atoms with Crippen molar-refractivity contribution in [2.75, 3.05) is 6.54 Å². The second-order valence-corrected chi connectivity index (χ2v) is 5.51. The number of nitrogens with one attached hydrogen (secondary N) is 1. The lowest BCUT2D eigenvalue weighted by Crippen LogP contribution is -2.43. The molecule has 1 atom stereocenters. The maximum absolute atomic E-state index is 11.8. The number of benzene rings is 1. The zero-order valence-electron chi connectivity index (χ0n) is 12.0. The molecule has 6 heteroatoms. The summed E-state index contributed by atoms with van der Waals surface area (Å²) in [7, 11) is 0. The van der Waals surface area contributed by atoms with Crippen molar-refractivity contribution in [2.24, 2.45) is 5.11 Å². The lowest BCUT2D eigenvalue weighted by molar-refractivity contribution is 0.0951. The minimum atomic E-state index is -0.508. The van der Waals surface area contributed by atoms with Crippen molar-refractivity contribution in [1.29, 1.82) is 0 Å². The molecule has 0 aromatic heterocycles. The van der Waals surface area contributed by atoms with Gasteiger partial charge in [-0.2, -0.15) is 0 Å². The molecule has 0 aliphatic heterocycles. The smallest absolute Gasteiger partial charge is 0.407 e. The van der Waals surface area contributed by atoms with Crippen molar-refractivity contribution < 1.29 is 9.53 Å². The average Bonchev–Trinajstić information content (AvgIpc) is 2.35. The van der Waals surface area contributed by atoms with E-state index in [9.17, 15) is 4.79 Å². The van der Waals surface area contributed by atoms with Crippen LogP contribution in [0.1, 0.15) is 26.3 Å². The first kappa shape index (κ1) is 15.9. The summed E-state index contributed by atoms with van der Waals surface area (Å²) >= 11 is 0. The fraction of sp³-hybridized carbons (Fsp3) is 0.500. The third-order valence-corrected chi connectivity index (χ3v) is 2.41. The van der Waals surface area contributed by atoms with E-state index in [1.54, 1.807) is 0 Å². The maximum atomic E-state index is 11.8. The van der Waals surface area contributed by atoms with E-state index in [0.29, 0.717) is 6.42 Å². The second-order valence-electron chi connectivity index (χ2n) is 5.51. The standard InChI is InChI=1S/C14H20N4O2/c1-14(2,3)17-13(19)20-12(10-16-18-15)9-11-7-5-4-6-8-11/h4-8,12H,9-10H2,1-3H3,(H,17,19). The van der Waals surface area contributed by atoms with Gasteiger partial charge in [-0.25, -0.2) is 4.79 Å². The molecule has 1 aromatic carbocycles. The Hall–Kier alpha value is -2.20. The fourth-order valence-corrected chi connectivity index (χ4v) is 1.64. The molecule has 108 valence electrons. The molecule has 0 spiro atoms. The Morgan fingerprint density at radius 3 is 2.60 bits per heavy atom. The molecule has 1 aromatic rings. The van der Waals surface area contributed by atoms with Crippen molar-refractivity contribution in [2.45, 2.75) is 38.8 Å². The third kappa shape index (κ3) is 6.66. The van der Waals surface area contributed by atoms with Crippen LogP contribution in [0.5, 0.6) is 0 Å². The monoisotopic (exact) mass is 276 g/mol. The van der Waals surface area contributed by atoms with Gasteiger partial charge in [-0.3, -0.25) is 0 Å². The Bertz CT molecular complexity index is 476. The Labute approximate surface area is 118 Å². The number of nitrogens with zero attached hydrogens (tertiary/aromatic N) is 3. The van der Waals surface area contributed by atoms with Crippen LogP contribution in [0.3, 0.4) is 0 Å². The van der Waals surface area contributed by atoms with Crippen LogP contribution in [0.25, 0.3) is 10.4 Å². The van der Waals surface area contributed by atoms with Gasteiger partial charge >= 0.3 is 6.09 Å². The molecule has 0 saturated carbocycles. The third-order valence-electron chi connectivity index (χ3n) is 2.41. The average molecular weight is 276 g/mol. The van der Waals surface area contributed by atoms with Crippen LogP contribution >= 0.6 is 0 Å². The molecule has 0 aliphatic carbocycles. The van der Waals surface area contributed by atoms with Crippen LogP contribution in [-0.4, -0.2) is 24.3 Å². The summed E-state index contributed by atoms with van der Waals surface area (Å²) in [6.07, 6.45) is -0.473. The van der Waals surface area contributed by atoms with Gasteiger partial charge in [0, 0.05) is 16.9 Å². The molecule has 0 radical (unpaired) electrons. The topological polar surface area (TPSA) is 87.1 Å². The number of ether oxygens (including phenoxy) is 1. The van der Waals surface area contributed by atoms with E-state index in [-0.39, 0.29) is 12.1 Å². The molecule has 1 unspecified atom stereocenters. The predicted octanol–water partition coefficient (Wildman–Crippen LogP) is 3.43. The first-order chi connectivity index (χ1) is 9.40. The molecule has 1 amide bonds. The van der Waals surface area contributed by atoms with Crippen molar-refractivity contribution in [3.8, 4) is 0 Å². The Balaban J connectivity index is 2.64. The molecule has 0 fully saturated rings. The van der Waals surface area contributed by atoms with E-state index in [2.05, 4.69) is 15.3 Å². The van der Waals surface area contributed by atoms with Crippen LogP contribution in [0.2, 0.25) is 0 Å². The molecule has 20 heavy (non-hydrogen) atoms. The highest BCUT2D eigenvalue weighted by Crippen LogP contribution is 2.08. The zero-order chi connectivity index (χ0) is 15.0.